The van der Waals surface area contributed by atoms with Gasteiger partial charge in [0, 0.05) is 23.2 Å². The number of nitrogens with zero attached hydrogens (tertiary/aromatic N) is 1. The molecule has 3 rings (SSSR count). The third-order valence-corrected chi connectivity index (χ3v) is 5.74. The van der Waals surface area contributed by atoms with E-state index in [0.717, 1.165) is 10.5 Å². The molecule has 5 nitrogen and oxygen atoms in total. The van der Waals surface area contributed by atoms with E-state index in [1.165, 1.54) is 23.9 Å². The molecule has 0 fully saturated rings. The standard InChI is InChI=1S/C21H22FN3O2S/c1-13(12-26)18-11-21(2,16-10-15(23)8-9-17(16)22)25-20(28-18)24-19(27)14-6-4-3-5-7-14/h3-10,26H,11-12,23H2,1-2H3,(H,24,25,27)/t21-/m0/s1. The first-order valence-corrected chi connectivity index (χ1v) is 9.63. The Balaban J connectivity index is 2.02. The SMILES string of the molecule is CC(CO)=C1C[C@@](C)(c2cc(N)ccc2F)N=C(NC(=O)c2ccccc2)S1. The minimum Gasteiger partial charge on any atom is -0.399 e. The summed E-state index contributed by atoms with van der Waals surface area (Å²) in [6, 6.07) is 13.2. The van der Waals surface area contributed by atoms with Gasteiger partial charge < -0.3 is 16.2 Å². The number of amidine groups is 1. The number of anilines is 1. The van der Waals surface area contributed by atoms with Crippen molar-refractivity contribution in [3.8, 4) is 0 Å². The van der Waals surface area contributed by atoms with Crippen molar-refractivity contribution in [3.05, 3.63) is 76.0 Å². The molecular formula is C21H22FN3O2S. The predicted molar refractivity (Wildman–Crippen MR) is 112 cm³/mol. The van der Waals surface area contributed by atoms with E-state index in [2.05, 4.69) is 10.3 Å². The Labute approximate surface area is 167 Å². The summed E-state index contributed by atoms with van der Waals surface area (Å²) in [7, 11) is 0. The Bertz CT molecular complexity index is 959. The van der Waals surface area contributed by atoms with Crippen LogP contribution in [0.4, 0.5) is 10.1 Å². The minimum absolute atomic E-state index is 0.127. The molecule has 0 saturated carbocycles. The van der Waals surface area contributed by atoms with Gasteiger partial charge in [-0.15, -0.1) is 0 Å². The lowest BCUT2D eigenvalue weighted by molar-refractivity contribution is 0.0977. The van der Waals surface area contributed by atoms with Gasteiger partial charge in [0.2, 0.25) is 0 Å². The van der Waals surface area contributed by atoms with E-state index in [1.807, 2.05) is 6.07 Å². The van der Waals surface area contributed by atoms with Crippen LogP contribution in [0, 0.1) is 5.82 Å². The van der Waals surface area contributed by atoms with Gasteiger partial charge in [0.25, 0.3) is 5.91 Å². The summed E-state index contributed by atoms with van der Waals surface area (Å²) in [6.07, 6.45) is 0.398. The molecule has 0 spiro atoms. The van der Waals surface area contributed by atoms with E-state index in [-0.39, 0.29) is 12.5 Å². The largest absolute Gasteiger partial charge is 0.399 e. The molecule has 0 bridgehead atoms. The second-order valence-electron chi connectivity index (χ2n) is 6.89. The second-order valence-corrected chi connectivity index (χ2v) is 7.97. The molecule has 1 atom stereocenters. The van der Waals surface area contributed by atoms with Crippen molar-refractivity contribution >= 4 is 28.5 Å². The average molecular weight is 399 g/mol. The summed E-state index contributed by atoms with van der Waals surface area (Å²) < 4.78 is 14.6. The number of hydrogen-bond acceptors (Lipinski definition) is 5. The molecule has 0 unspecified atom stereocenters. The van der Waals surface area contributed by atoms with Crippen molar-refractivity contribution in [1.29, 1.82) is 0 Å². The number of aliphatic imine (C=N–C) groups is 1. The van der Waals surface area contributed by atoms with E-state index < -0.39 is 11.4 Å². The first-order valence-electron chi connectivity index (χ1n) is 8.81. The van der Waals surface area contributed by atoms with Crippen LogP contribution >= 0.6 is 11.8 Å². The normalized spacial score (nSPS) is 21.1. The van der Waals surface area contributed by atoms with Gasteiger partial charge in [-0.25, -0.2) is 4.39 Å². The molecule has 1 aliphatic rings. The summed E-state index contributed by atoms with van der Waals surface area (Å²) in [6.45, 7) is 3.47. The topological polar surface area (TPSA) is 87.7 Å². The highest BCUT2D eigenvalue weighted by molar-refractivity contribution is 8.17. The van der Waals surface area contributed by atoms with Crippen LogP contribution < -0.4 is 11.1 Å². The zero-order valence-electron chi connectivity index (χ0n) is 15.7. The predicted octanol–water partition coefficient (Wildman–Crippen LogP) is 3.81. The number of amides is 1. The van der Waals surface area contributed by atoms with Crippen LogP contribution in [0.25, 0.3) is 0 Å². The maximum absolute atomic E-state index is 14.6. The van der Waals surface area contributed by atoms with Crippen molar-refractivity contribution in [2.45, 2.75) is 25.8 Å². The number of halogens is 1. The Kier molecular flexibility index (Phi) is 5.86. The van der Waals surface area contributed by atoms with Crippen molar-refractivity contribution < 1.29 is 14.3 Å². The quantitative estimate of drug-likeness (QED) is 0.685. The van der Waals surface area contributed by atoms with Crippen molar-refractivity contribution in [3.63, 3.8) is 0 Å². The lowest BCUT2D eigenvalue weighted by Gasteiger charge is -2.33. The number of hydrogen-bond donors (Lipinski definition) is 3. The van der Waals surface area contributed by atoms with Gasteiger partial charge in [0.1, 0.15) is 5.82 Å². The third-order valence-electron chi connectivity index (χ3n) is 4.61. The zero-order valence-corrected chi connectivity index (χ0v) is 16.5. The van der Waals surface area contributed by atoms with E-state index >= 15 is 0 Å². The van der Waals surface area contributed by atoms with Crippen LogP contribution in [-0.2, 0) is 5.54 Å². The molecule has 0 saturated heterocycles. The number of carbonyl (C=O) groups is 1. The number of thioether (sulfide) groups is 1. The van der Waals surface area contributed by atoms with Crippen LogP contribution in [0.15, 0.2) is 64.0 Å². The molecule has 1 aliphatic heterocycles. The molecule has 2 aromatic carbocycles. The molecule has 2 aromatic rings. The van der Waals surface area contributed by atoms with E-state index in [0.29, 0.717) is 28.4 Å². The number of rotatable bonds is 3. The third kappa shape index (κ3) is 4.26. The summed E-state index contributed by atoms with van der Waals surface area (Å²) in [4.78, 5) is 18.1. The number of aliphatic hydroxyl groups excluding tert-OH is 1. The Morgan fingerprint density at radius 3 is 2.71 bits per heavy atom. The first kappa shape index (κ1) is 20.1. The van der Waals surface area contributed by atoms with Crippen LogP contribution in [0.1, 0.15) is 36.2 Å². The Hall–Kier alpha value is -2.64. The number of carbonyl (C=O) groups excluding carboxylic acids is 1. The molecule has 28 heavy (non-hydrogen) atoms. The van der Waals surface area contributed by atoms with Crippen molar-refractivity contribution in [2.75, 3.05) is 12.3 Å². The summed E-state index contributed by atoms with van der Waals surface area (Å²) in [5, 5.41) is 12.7. The molecule has 1 heterocycles. The van der Waals surface area contributed by atoms with E-state index in [9.17, 15) is 14.3 Å². The molecule has 0 radical (unpaired) electrons. The highest BCUT2D eigenvalue weighted by Gasteiger charge is 2.36. The fourth-order valence-electron chi connectivity index (χ4n) is 3.00. The second kappa shape index (κ2) is 8.16. The summed E-state index contributed by atoms with van der Waals surface area (Å²) in [5.74, 6) is -0.716. The smallest absolute Gasteiger partial charge is 0.257 e. The number of nitrogen functional groups attached to an aromatic ring is 1. The number of benzene rings is 2. The fraction of sp³-hybridized carbons (Fsp3) is 0.238. The number of nitrogens with two attached hydrogens (primary N) is 1. The van der Waals surface area contributed by atoms with Gasteiger partial charge in [-0.1, -0.05) is 30.0 Å². The molecule has 0 aliphatic carbocycles. The highest BCUT2D eigenvalue weighted by Crippen LogP contribution is 2.44. The Morgan fingerprint density at radius 2 is 2.04 bits per heavy atom. The number of aliphatic hydroxyl groups is 1. The van der Waals surface area contributed by atoms with Gasteiger partial charge >= 0.3 is 0 Å². The van der Waals surface area contributed by atoms with Gasteiger partial charge in [-0.2, -0.15) is 0 Å². The molecule has 4 N–H and O–H groups in total. The van der Waals surface area contributed by atoms with E-state index in [1.54, 1.807) is 44.2 Å². The molecule has 146 valence electrons. The Morgan fingerprint density at radius 1 is 1.32 bits per heavy atom. The van der Waals surface area contributed by atoms with Gasteiger partial charge in [-0.3, -0.25) is 9.79 Å². The summed E-state index contributed by atoms with van der Waals surface area (Å²) in [5.41, 5.74) is 6.94. The van der Waals surface area contributed by atoms with Crippen LogP contribution in [0.3, 0.4) is 0 Å². The van der Waals surface area contributed by atoms with Gasteiger partial charge in [0.05, 0.1) is 12.1 Å². The fourth-order valence-corrected chi connectivity index (χ4v) is 4.22. The van der Waals surface area contributed by atoms with Crippen LogP contribution in [-0.4, -0.2) is 22.8 Å². The number of nitrogens with one attached hydrogen (secondary N) is 1. The van der Waals surface area contributed by atoms with E-state index in [4.69, 9.17) is 5.73 Å². The monoisotopic (exact) mass is 399 g/mol. The first-order chi connectivity index (χ1) is 13.3. The average Bonchev–Trinajstić information content (AvgIpc) is 2.69. The van der Waals surface area contributed by atoms with Gasteiger partial charge in [-0.05, 0) is 54.7 Å². The lowest BCUT2D eigenvalue weighted by atomic mass is 9.87. The lowest BCUT2D eigenvalue weighted by Crippen LogP contribution is -2.35. The minimum atomic E-state index is -0.963. The van der Waals surface area contributed by atoms with Gasteiger partial charge in [0.15, 0.2) is 5.17 Å². The molecule has 7 heteroatoms. The highest BCUT2D eigenvalue weighted by atomic mass is 32.2. The maximum atomic E-state index is 14.6. The van der Waals surface area contributed by atoms with Crippen LogP contribution in [0.5, 0.6) is 0 Å². The van der Waals surface area contributed by atoms with Crippen molar-refractivity contribution in [1.82, 2.24) is 5.32 Å². The van der Waals surface area contributed by atoms with Crippen LogP contribution in [0.2, 0.25) is 0 Å². The zero-order chi connectivity index (χ0) is 20.3. The molecular weight excluding hydrogens is 377 g/mol. The molecule has 1 amide bonds. The maximum Gasteiger partial charge on any atom is 0.257 e. The molecule has 0 aromatic heterocycles. The summed E-state index contributed by atoms with van der Waals surface area (Å²) >= 11 is 1.28. The van der Waals surface area contributed by atoms with Crippen molar-refractivity contribution in [2.24, 2.45) is 4.99 Å².